The molecule has 0 spiro atoms. The van der Waals surface area contributed by atoms with E-state index in [-0.39, 0.29) is 11.1 Å². The molecule has 0 aliphatic rings. The van der Waals surface area contributed by atoms with E-state index in [1.165, 1.54) is 0 Å². The van der Waals surface area contributed by atoms with Crippen LogP contribution in [0.15, 0.2) is 10.8 Å². The van der Waals surface area contributed by atoms with Crippen molar-refractivity contribution in [1.82, 2.24) is 4.98 Å². The van der Waals surface area contributed by atoms with Gasteiger partial charge in [0.05, 0.1) is 0 Å². The Morgan fingerprint density at radius 2 is 2.17 bits per heavy atom. The molecule has 1 N–H and O–H groups in total. The Labute approximate surface area is 70.2 Å². The molecule has 0 fully saturated rings. The molecule has 1 aromatic heterocycles. The molecule has 66 valence electrons. The molecule has 0 radical (unpaired) electrons. The SMILES string of the molecule is CC(C)(C)c1ocnc1C(=O)O. The van der Waals surface area contributed by atoms with E-state index in [2.05, 4.69) is 4.98 Å². The van der Waals surface area contributed by atoms with Gasteiger partial charge in [0.25, 0.3) is 0 Å². The maximum Gasteiger partial charge on any atom is 0.358 e. The fourth-order valence-electron chi connectivity index (χ4n) is 0.931. The van der Waals surface area contributed by atoms with Crippen LogP contribution >= 0.6 is 0 Å². The van der Waals surface area contributed by atoms with Crippen LogP contribution in [-0.4, -0.2) is 16.1 Å². The average Bonchev–Trinajstić information content (AvgIpc) is 2.30. The third kappa shape index (κ3) is 1.47. The van der Waals surface area contributed by atoms with Crippen LogP contribution < -0.4 is 0 Å². The van der Waals surface area contributed by atoms with Gasteiger partial charge >= 0.3 is 5.97 Å². The highest BCUT2D eigenvalue weighted by Gasteiger charge is 2.26. The molecule has 1 heterocycles. The minimum absolute atomic E-state index is 0.00231. The normalized spacial score (nSPS) is 11.6. The number of carboxylic acid groups (broad SMARTS) is 1. The second kappa shape index (κ2) is 2.62. The first-order chi connectivity index (χ1) is 5.43. The minimum atomic E-state index is -1.05. The molecule has 0 amide bonds. The number of aromatic nitrogens is 1. The Balaban J connectivity index is 3.17. The molecular weight excluding hydrogens is 158 g/mol. The van der Waals surface area contributed by atoms with Gasteiger partial charge in [0.2, 0.25) is 0 Å². The molecule has 0 atom stereocenters. The lowest BCUT2D eigenvalue weighted by atomic mass is 9.92. The zero-order valence-electron chi connectivity index (χ0n) is 7.29. The monoisotopic (exact) mass is 169 g/mol. The van der Waals surface area contributed by atoms with Crippen LogP contribution in [0.25, 0.3) is 0 Å². The van der Waals surface area contributed by atoms with Crippen LogP contribution in [0.4, 0.5) is 0 Å². The molecule has 4 heteroatoms. The number of hydrogen-bond acceptors (Lipinski definition) is 3. The van der Waals surface area contributed by atoms with Gasteiger partial charge in [-0.2, -0.15) is 0 Å². The van der Waals surface area contributed by atoms with Gasteiger partial charge in [0.1, 0.15) is 5.76 Å². The van der Waals surface area contributed by atoms with Crippen molar-refractivity contribution >= 4 is 5.97 Å². The largest absolute Gasteiger partial charge is 0.476 e. The van der Waals surface area contributed by atoms with Crippen LogP contribution in [0.5, 0.6) is 0 Å². The van der Waals surface area contributed by atoms with Crippen molar-refractivity contribution in [2.75, 3.05) is 0 Å². The Hall–Kier alpha value is -1.32. The quantitative estimate of drug-likeness (QED) is 0.694. The zero-order chi connectivity index (χ0) is 9.35. The number of nitrogens with zero attached hydrogens (tertiary/aromatic N) is 1. The predicted molar refractivity (Wildman–Crippen MR) is 42.2 cm³/mol. The van der Waals surface area contributed by atoms with E-state index in [0.29, 0.717) is 5.76 Å². The molecule has 0 aliphatic carbocycles. The topological polar surface area (TPSA) is 63.3 Å². The summed E-state index contributed by atoms with van der Waals surface area (Å²) in [6, 6.07) is 0. The van der Waals surface area contributed by atoms with Gasteiger partial charge in [0, 0.05) is 5.41 Å². The lowest BCUT2D eigenvalue weighted by molar-refractivity contribution is 0.0686. The fourth-order valence-corrected chi connectivity index (χ4v) is 0.931. The van der Waals surface area contributed by atoms with E-state index in [4.69, 9.17) is 9.52 Å². The number of carbonyl (C=O) groups is 1. The standard InChI is InChI=1S/C8H11NO3/c1-8(2,3)6-5(7(10)11)9-4-12-6/h4H,1-3H3,(H,10,11). The van der Waals surface area contributed by atoms with Gasteiger partial charge in [-0.15, -0.1) is 0 Å². The molecule has 0 saturated carbocycles. The number of rotatable bonds is 1. The van der Waals surface area contributed by atoms with Crippen molar-refractivity contribution in [2.45, 2.75) is 26.2 Å². The molecule has 4 nitrogen and oxygen atoms in total. The van der Waals surface area contributed by atoms with Crippen LogP contribution in [0, 0.1) is 0 Å². The highest BCUT2D eigenvalue weighted by molar-refractivity contribution is 5.86. The average molecular weight is 169 g/mol. The molecule has 0 saturated heterocycles. The van der Waals surface area contributed by atoms with Crippen molar-refractivity contribution in [1.29, 1.82) is 0 Å². The molecule has 1 rings (SSSR count). The minimum Gasteiger partial charge on any atom is -0.476 e. The Morgan fingerprint density at radius 1 is 1.58 bits per heavy atom. The molecule has 12 heavy (non-hydrogen) atoms. The molecule has 1 aromatic rings. The Morgan fingerprint density at radius 3 is 2.50 bits per heavy atom. The van der Waals surface area contributed by atoms with Gasteiger partial charge in [-0.05, 0) is 0 Å². The van der Waals surface area contributed by atoms with E-state index in [1.54, 1.807) is 0 Å². The van der Waals surface area contributed by atoms with Gasteiger partial charge in [-0.1, -0.05) is 20.8 Å². The Bertz CT molecular complexity index is 295. The van der Waals surface area contributed by atoms with Crippen LogP contribution in [0.1, 0.15) is 37.0 Å². The second-order valence-electron chi connectivity index (χ2n) is 3.59. The van der Waals surface area contributed by atoms with E-state index >= 15 is 0 Å². The highest BCUT2D eigenvalue weighted by Crippen LogP contribution is 2.24. The van der Waals surface area contributed by atoms with E-state index in [9.17, 15) is 4.79 Å². The summed E-state index contributed by atoms with van der Waals surface area (Å²) in [6.07, 6.45) is 1.16. The lowest BCUT2D eigenvalue weighted by Crippen LogP contribution is -2.15. The van der Waals surface area contributed by atoms with Gasteiger partial charge in [-0.25, -0.2) is 9.78 Å². The highest BCUT2D eigenvalue weighted by atomic mass is 16.4. The van der Waals surface area contributed by atoms with E-state index < -0.39 is 5.97 Å². The van der Waals surface area contributed by atoms with Gasteiger partial charge in [0.15, 0.2) is 12.1 Å². The summed E-state index contributed by atoms with van der Waals surface area (Å²) in [7, 11) is 0. The Kier molecular flexibility index (Phi) is 1.92. The van der Waals surface area contributed by atoms with Crippen molar-refractivity contribution in [3.05, 3.63) is 17.8 Å². The maximum atomic E-state index is 10.6. The summed E-state index contributed by atoms with van der Waals surface area (Å²) in [5.41, 5.74) is -0.313. The molecule has 0 bridgehead atoms. The van der Waals surface area contributed by atoms with Crippen LogP contribution in [0.3, 0.4) is 0 Å². The van der Waals surface area contributed by atoms with Crippen molar-refractivity contribution in [3.63, 3.8) is 0 Å². The van der Waals surface area contributed by atoms with Gasteiger partial charge in [-0.3, -0.25) is 0 Å². The summed E-state index contributed by atoms with van der Waals surface area (Å²) >= 11 is 0. The molecule has 0 aromatic carbocycles. The molecule has 0 aliphatic heterocycles. The van der Waals surface area contributed by atoms with Crippen molar-refractivity contribution in [3.8, 4) is 0 Å². The smallest absolute Gasteiger partial charge is 0.358 e. The number of oxazole rings is 1. The fraction of sp³-hybridized carbons (Fsp3) is 0.500. The summed E-state index contributed by atoms with van der Waals surface area (Å²) in [5.74, 6) is -0.635. The van der Waals surface area contributed by atoms with Crippen molar-refractivity contribution in [2.24, 2.45) is 0 Å². The molecular formula is C8H11NO3. The van der Waals surface area contributed by atoms with Crippen molar-refractivity contribution < 1.29 is 14.3 Å². The van der Waals surface area contributed by atoms with Gasteiger partial charge < -0.3 is 9.52 Å². The third-order valence-corrected chi connectivity index (χ3v) is 1.45. The summed E-state index contributed by atoms with van der Waals surface area (Å²) in [6.45, 7) is 5.62. The summed E-state index contributed by atoms with van der Waals surface area (Å²) < 4.78 is 5.00. The number of aromatic carboxylic acids is 1. The number of hydrogen-bond donors (Lipinski definition) is 1. The first-order valence-electron chi connectivity index (χ1n) is 3.60. The third-order valence-electron chi connectivity index (χ3n) is 1.45. The predicted octanol–water partition coefficient (Wildman–Crippen LogP) is 1.67. The van der Waals surface area contributed by atoms with E-state index in [0.717, 1.165) is 6.39 Å². The zero-order valence-corrected chi connectivity index (χ0v) is 7.29. The summed E-state index contributed by atoms with van der Waals surface area (Å²) in [5, 5.41) is 8.70. The van der Waals surface area contributed by atoms with E-state index in [1.807, 2.05) is 20.8 Å². The van der Waals surface area contributed by atoms with Crippen LogP contribution in [-0.2, 0) is 5.41 Å². The second-order valence-corrected chi connectivity index (χ2v) is 3.59. The summed E-state index contributed by atoms with van der Waals surface area (Å²) in [4.78, 5) is 14.2. The first kappa shape index (κ1) is 8.77. The first-order valence-corrected chi connectivity index (χ1v) is 3.60. The molecule has 0 unspecified atom stereocenters. The maximum absolute atomic E-state index is 10.6. The van der Waals surface area contributed by atoms with Crippen LogP contribution in [0.2, 0.25) is 0 Å². The lowest BCUT2D eigenvalue weighted by Gasteiger charge is -2.14. The number of carboxylic acids is 1.